The molecule has 2 rings (SSSR count). The minimum absolute atomic E-state index is 0.105. The molecule has 0 saturated heterocycles. The summed E-state index contributed by atoms with van der Waals surface area (Å²) in [7, 11) is 3.11. The summed E-state index contributed by atoms with van der Waals surface area (Å²) in [6.07, 6.45) is 1.35. The maximum absolute atomic E-state index is 12.9. The van der Waals surface area contributed by atoms with E-state index in [1.54, 1.807) is 20.3 Å². The van der Waals surface area contributed by atoms with E-state index in [2.05, 4.69) is 10.6 Å². The highest BCUT2D eigenvalue weighted by Crippen LogP contribution is 2.29. The van der Waals surface area contributed by atoms with Gasteiger partial charge in [0, 0.05) is 17.9 Å². The first-order valence-corrected chi connectivity index (χ1v) is 8.13. The average molecular weight is 369 g/mol. The number of nitriles is 1. The van der Waals surface area contributed by atoms with Crippen molar-refractivity contribution in [2.45, 2.75) is 13.0 Å². The maximum atomic E-state index is 12.9. The molecule has 0 aromatic heterocycles. The van der Waals surface area contributed by atoms with E-state index < -0.39 is 11.7 Å². The van der Waals surface area contributed by atoms with Gasteiger partial charge in [0.25, 0.3) is 5.91 Å². The molecule has 0 fully saturated rings. The number of carbonyl (C=O) groups is 1. The summed E-state index contributed by atoms with van der Waals surface area (Å²) in [6, 6.07) is 12.4. The third-order valence-corrected chi connectivity index (χ3v) is 3.85. The molecule has 2 N–H and O–H groups in total. The Morgan fingerprint density at radius 1 is 1.15 bits per heavy atom. The fourth-order valence-corrected chi connectivity index (χ4v) is 2.31. The van der Waals surface area contributed by atoms with Crippen LogP contribution in [-0.2, 0) is 4.79 Å². The predicted molar refractivity (Wildman–Crippen MR) is 99.8 cm³/mol. The van der Waals surface area contributed by atoms with Gasteiger partial charge in [-0.3, -0.25) is 4.79 Å². The Bertz CT molecular complexity index is 873. The molecule has 0 aliphatic heterocycles. The first-order chi connectivity index (χ1) is 13.0. The summed E-state index contributed by atoms with van der Waals surface area (Å²) in [4.78, 5) is 12.2. The maximum Gasteiger partial charge on any atom is 0.267 e. The van der Waals surface area contributed by atoms with Gasteiger partial charge in [0.1, 0.15) is 17.5 Å². The van der Waals surface area contributed by atoms with E-state index in [0.717, 1.165) is 5.56 Å². The van der Waals surface area contributed by atoms with Crippen LogP contribution in [0, 0.1) is 17.1 Å². The van der Waals surface area contributed by atoms with Gasteiger partial charge in [-0.05, 0) is 48.9 Å². The lowest BCUT2D eigenvalue weighted by atomic mass is 10.1. The van der Waals surface area contributed by atoms with E-state index in [9.17, 15) is 14.4 Å². The molecular formula is C20H20FN3O3. The van der Waals surface area contributed by atoms with Gasteiger partial charge in [0.2, 0.25) is 0 Å². The lowest BCUT2D eigenvalue weighted by Crippen LogP contribution is -2.18. The third-order valence-electron chi connectivity index (χ3n) is 3.85. The molecule has 0 heterocycles. The number of hydrogen-bond donors (Lipinski definition) is 2. The smallest absolute Gasteiger partial charge is 0.267 e. The Balaban J connectivity index is 2.08. The van der Waals surface area contributed by atoms with Crippen molar-refractivity contribution in [1.82, 2.24) is 5.32 Å². The fourth-order valence-electron chi connectivity index (χ4n) is 2.31. The second-order valence-corrected chi connectivity index (χ2v) is 5.63. The van der Waals surface area contributed by atoms with Crippen LogP contribution in [0.5, 0.6) is 11.5 Å². The van der Waals surface area contributed by atoms with Crippen LogP contribution in [0.1, 0.15) is 18.5 Å². The van der Waals surface area contributed by atoms with Gasteiger partial charge in [0.05, 0.1) is 14.2 Å². The lowest BCUT2D eigenvalue weighted by Gasteiger charge is -2.15. The molecule has 27 heavy (non-hydrogen) atoms. The van der Waals surface area contributed by atoms with Crippen molar-refractivity contribution >= 4 is 11.6 Å². The lowest BCUT2D eigenvalue weighted by molar-refractivity contribution is -0.112. The molecule has 1 unspecified atom stereocenters. The quantitative estimate of drug-likeness (QED) is 0.576. The Morgan fingerprint density at radius 2 is 1.81 bits per heavy atom. The number of nitrogens with one attached hydrogen (secondary N) is 2. The van der Waals surface area contributed by atoms with Crippen LogP contribution in [0.15, 0.2) is 54.2 Å². The van der Waals surface area contributed by atoms with Crippen molar-refractivity contribution in [3.8, 4) is 17.6 Å². The topological polar surface area (TPSA) is 83.4 Å². The van der Waals surface area contributed by atoms with Gasteiger partial charge in [-0.15, -0.1) is 0 Å². The van der Waals surface area contributed by atoms with Crippen molar-refractivity contribution in [2.75, 3.05) is 19.5 Å². The Morgan fingerprint density at radius 3 is 2.41 bits per heavy atom. The molecule has 0 aliphatic carbocycles. The summed E-state index contributed by atoms with van der Waals surface area (Å²) < 4.78 is 23.4. The highest BCUT2D eigenvalue weighted by Gasteiger charge is 2.12. The highest BCUT2D eigenvalue weighted by molar-refractivity contribution is 6.06. The zero-order valence-electron chi connectivity index (χ0n) is 15.2. The number of amides is 1. The minimum Gasteiger partial charge on any atom is -0.493 e. The summed E-state index contributed by atoms with van der Waals surface area (Å²) >= 11 is 0. The monoisotopic (exact) mass is 369 g/mol. The number of halogens is 1. The van der Waals surface area contributed by atoms with Crippen LogP contribution in [0.4, 0.5) is 10.1 Å². The summed E-state index contributed by atoms with van der Waals surface area (Å²) in [5, 5.41) is 14.8. The van der Waals surface area contributed by atoms with Crippen LogP contribution >= 0.6 is 0 Å². The molecule has 1 amide bonds. The van der Waals surface area contributed by atoms with Gasteiger partial charge < -0.3 is 20.1 Å². The largest absolute Gasteiger partial charge is 0.493 e. The summed E-state index contributed by atoms with van der Waals surface area (Å²) in [5.74, 6) is 0.202. The molecule has 0 radical (unpaired) electrons. The van der Waals surface area contributed by atoms with E-state index in [1.165, 1.54) is 30.5 Å². The van der Waals surface area contributed by atoms with E-state index in [-0.39, 0.29) is 11.6 Å². The average Bonchev–Trinajstić information content (AvgIpc) is 2.69. The zero-order valence-corrected chi connectivity index (χ0v) is 15.2. The van der Waals surface area contributed by atoms with Crippen molar-refractivity contribution in [2.24, 2.45) is 0 Å². The van der Waals surface area contributed by atoms with Crippen LogP contribution < -0.4 is 20.1 Å². The van der Waals surface area contributed by atoms with Gasteiger partial charge in [-0.2, -0.15) is 5.26 Å². The summed E-state index contributed by atoms with van der Waals surface area (Å²) in [5.41, 5.74) is 1.18. The van der Waals surface area contributed by atoms with E-state index in [1.807, 2.05) is 25.1 Å². The fraction of sp³-hybridized carbons (Fsp3) is 0.200. The molecule has 140 valence electrons. The van der Waals surface area contributed by atoms with Gasteiger partial charge in [-0.25, -0.2) is 4.39 Å². The molecule has 0 bridgehead atoms. The Hall–Kier alpha value is -3.53. The second-order valence-electron chi connectivity index (χ2n) is 5.63. The normalized spacial score (nSPS) is 11.9. The Kier molecular flexibility index (Phi) is 6.78. The molecule has 0 aliphatic rings. The number of hydrogen-bond acceptors (Lipinski definition) is 5. The highest BCUT2D eigenvalue weighted by atomic mass is 19.1. The first kappa shape index (κ1) is 19.8. The second kappa shape index (κ2) is 9.25. The van der Waals surface area contributed by atoms with Gasteiger partial charge >= 0.3 is 0 Å². The number of benzene rings is 2. The van der Waals surface area contributed by atoms with Crippen LogP contribution in [0.25, 0.3) is 0 Å². The molecule has 1 atom stereocenters. The standard InChI is InChI=1S/C20H20FN3O3/c1-13(14-4-9-18(26-2)19(10-14)27-3)23-12-15(11-22)20(25)24-17-7-5-16(21)6-8-17/h4-10,12-13,23H,1-3H3,(H,24,25)/b15-12-. The number of carbonyl (C=O) groups excluding carboxylic acids is 1. The molecule has 2 aromatic carbocycles. The summed E-state index contributed by atoms with van der Waals surface area (Å²) in [6.45, 7) is 1.88. The van der Waals surface area contributed by atoms with Gasteiger partial charge in [-0.1, -0.05) is 6.07 Å². The zero-order chi connectivity index (χ0) is 19.8. The molecule has 7 heteroatoms. The molecule has 0 spiro atoms. The van der Waals surface area contributed by atoms with Gasteiger partial charge in [0.15, 0.2) is 11.5 Å². The van der Waals surface area contributed by atoms with E-state index >= 15 is 0 Å². The van der Waals surface area contributed by atoms with Crippen molar-refractivity contribution in [3.63, 3.8) is 0 Å². The predicted octanol–water partition coefficient (Wildman–Crippen LogP) is 3.54. The Labute approximate surface area is 157 Å². The van der Waals surface area contributed by atoms with Crippen molar-refractivity contribution < 1.29 is 18.7 Å². The number of nitrogens with zero attached hydrogens (tertiary/aromatic N) is 1. The molecule has 0 saturated carbocycles. The molecule has 2 aromatic rings. The van der Waals surface area contributed by atoms with Crippen LogP contribution in [0.3, 0.4) is 0 Å². The van der Waals surface area contributed by atoms with Crippen LogP contribution in [-0.4, -0.2) is 20.1 Å². The van der Waals surface area contributed by atoms with E-state index in [0.29, 0.717) is 17.2 Å². The van der Waals surface area contributed by atoms with Crippen molar-refractivity contribution in [3.05, 3.63) is 65.6 Å². The molecular weight excluding hydrogens is 349 g/mol. The third kappa shape index (κ3) is 5.22. The van der Waals surface area contributed by atoms with Crippen molar-refractivity contribution in [1.29, 1.82) is 5.26 Å². The molecule has 6 nitrogen and oxygen atoms in total. The first-order valence-electron chi connectivity index (χ1n) is 8.13. The van der Waals surface area contributed by atoms with E-state index in [4.69, 9.17) is 9.47 Å². The number of ether oxygens (including phenoxy) is 2. The number of methoxy groups -OCH3 is 2. The van der Waals surface area contributed by atoms with Crippen LogP contribution in [0.2, 0.25) is 0 Å². The minimum atomic E-state index is -0.587. The SMILES string of the molecule is COc1ccc(C(C)N/C=C(/C#N)C(=O)Nc2ccc(F)cc2)cc1OC. The number of anilines is 1. The number of rotatable bonds is 7.